The van der Waals surface area contributed by atoms with E-state index in [0.717, 1.165) is 28.1 Å². The van der Waals surface area contributed by atoms with Crippen LogP contribution in [0.5, 0.6) is 5.88 Å². The van der Waals surface area contributed by atoms with Crippen molar-refractivity contribution in [2.45, 2.75) is 18.9 Å². The van der Waals surface area contributed by atoms with Crippen LogP contribution in [-0.4, -0.2) is 40.2 Å². The van der Waals surface area contributed by atoms with Crippen LogP contribution in [-0.2, 0) is 0 Å². The molecule has 0 aliphatic carbocycles. The molecular weight excluding hydrogens is 430 g/mol. The number of likely N-dealkylation sites (tertiary alicyclic amines) is 1. The zero-order valence-electron chi connectivity index (χ0n) is 14.4. The first-order valence-electron chi connectivity index (χ1n) is 8.73. The molecule has 1 aliphatic rings. The molecule has 138 valence electrons. The first-order chi connectivity index (χ1) is 13.1. The van der Waals surface area contributed by atoms with Crippen LogP contribution in [0, 0.1) is 0 Å². The molecule has 1 aromatic heterocycles. The molecular formula is C20H17BrClN3O2. The first-order valence-corrected chi connectivity index (χ1v) is 9.90. The summed E-state index contributed by atoms with van der Waals surface area (Å²) in [5.74, 6) is 0.498. The smallest absolute Gasteiger partial charge is 0.255 e. The highest BCUT2D eigenvalue weighted by Gasteiger charge is 2.26. The SMILES string of the molecule is O=C(c1cc(Br)ccc1Cl)N1CCC(Oc2nncc3ccccc23)CC1. The van der Waals surface area contributed by atoms with Gasteiger partial charge in [0, 0.05) is 41.2 Å². The van der Waals surface area contributed by atoms with Crippen LogP contribution in [0.15, 0.2) is 53.1 Å². The predicted molar refractivity (Wildman–Crippen MR) is 108 cm³/mol. The fourth-order valence-electron chi connectivity index (χ4n) is 3.26. The van der Waals surface area contributed by atoms with Crippen LogP contribution in [0.4, 0.5) is 0 Å². The Morgan fingerprint density at radius 2 is 1.96 bits per heavy atom. The van der Waals surface area contributed by atoms with Gasteiger partial charge >= 0.3 is 0 Å². The number of aromatic nitrogens is 2. The van der Waals surface area contributed by atoms with Crippen molar-refractivity contribution in [3.8, 4) is 5.88 Å². The van der Waals surface area contributed by atoms with Crippen molar-refractivity contribution in [2.24, 2.45) is 0 Å². The van der Waals surface area contributed by atoms with Gasteiger partial charge in [-0.25, -0.2) is 0 Å². The molecule has 3 aromatic rings. The van der Waals surface area contributed by atoms with Gasteiger partial charge in [0.25, 0.3) is 5.91 Å². The number of piperidine rings is 1. The predicted octanol–water partition coefficient (Wildman–Crippen LogP) is 4.73. The summed E-state index contributed by atoms with van der Waals surface area (Å²) in [6.07, 6.45) is 3.21. The highest BCUT2D eigenvalue weighted by atomic mass is 79.9. The number of carbonyl (C=O) groups is 1. The van der Waals surface area contributed by atoms with Gasteiger partial charge in [-0.15, -0.1) is 5.10 Å². The average molecular weight is 447 g/mol. The molecule has 0 N–H and O–H groups in total. The second-order valence-corrected chi connectivity index (χ2v) is 7.79. The monoisotopic (exact) mass is 445 g/mol. The molecule has 1 fully saturated rings. The van der Waals surface area contributed by atoms with Gasteiger partial charge in [-0.2, -0.15) is 5.10 Å². The van der Waals surface area contributed by atoms with E-state index in [0.29, 0.717) is 29.6 Å². The third-order valence-electron chi connectivity index (χ3n) is 4.70. The molecule has 1 saturated heterocycles. The van der Waals surface area contributed by atoms with Crippen molar-refractivity contribution in [3.05, 3.63) is 63.7 Å². The molecule has 0 unspecified atom stereocenters. The largest absolute Gasteiger partial charge is 0.473 e. The lowest BCUT2D eigenvalue weighted by Crippen LogP contribution is -2.42. The lowest BCUT2D eigenvalue weighted by atomic mass is 10.1. The minimum absolute atomic E-state index is 0.00661. The Hall–Kier alpha value is -2.18. The summed E-state index contributed by atoms with van der Waals surface area (Å²) in [4.78, 5) is 14.6. The van der Waals surface area contributed by atoms with Gasteiger partial charge in [-0.3, -0.25) is 4.79 Å². The van der Waals surface area contributed by atoms with E-state index in [1.165, 1.54) is 0 Å². The Kier molecular flexibility index (Phi) is 5.27. The van der Waals surface area contributed by atoms with Gasteiger partial charge in [0.1, 0.15) is 6.10 Å². The molecule has 2 heterocycles. The van der Waals surface area contributed by atoms with Gasteiger partial charge in [0.15, 0.2) is 0 Å². The van der Waals surface area contributed by atoms with Crippen molar-refractivity contribution in [2.75, 3.05) is 13.1 Å². The summed E-state index contributed by atoms with van der Waals surface area (Å²) >= 11 is 9.59. The normalized spacial score (nSPS) is 15.1. The molecule has 0 bridgehead atoms. The van der Waals surface area contributed by atoms with Crippen LogP contribution in [0.3, 0.4) is 0 Å². The highest BCUT2D eigenvalue weighted by molar-refractivity contribution is 9.10. The lowest BCUT2D eigenvalue weighted by Gasteiger charge is -2.32. The van der Waals surface area contributed by atoms with Crippen molar-refractivity contribution in [1.29, 1.82) is 0 Å². The zero-order chi connectivity index (χ0) is 18.8. The van der Waals surface area contributed by atoms with Crippen molar-refractivity contribution in [3.63, 3.8) is 0 Å². The quantitative estimate of drug-likeness (QED) is 0.584. The number of hydrogen-bond acceptors (Lipinski definition) is 4. The van der Waals surface area contributed by atoms with Gasteiger partial charge < -0.3 is 9.64 Å². The van der Waals surface area contributed by atoms with E-state index in [4.69, 9.17) is 16.3 Å². The molecule has 0 atom stereocenters. The zero-order valence-corrected chi connectivity index (χ0v) is 16.8. The maximum absolute atomic E-state index is 12.8. The van der Waals surface area contributed by atoms with Gasteiger partial charge in [0.2, 0.25) is 5.88 Å². The third kappa shape index (κ3) is 3.92. The summed E-state index contributed by atoms with van der Waals surface area (Å²) < 4.78 is 6.94. The first kappa shape index (κ1) is 18.2. The molecule has 2 aromatic carbocycles. The second kappa shape index (κ2) is 7.82. The van der Waals surface area contributed by atoms with E-state index in [2.05, 4.69) is 26.1 Å². The van der Waals surface area contributed by atoms with E-state index in [9.17, 15) is 4.79 Å². The van der Waals surface area contributed by atoms with Crippen LogP contribution in [0.25, 0.3) is 10.8 Å². The summed E-state index contributed by atoms with van der Waals surface area (Å²) in [6, 6.07) is 13.2. The fourth-order valence-corrected chi connectivity index (χ4v) is 3.81. The minimum Gasteiger partial charge on any atom is -0.473 e. The third-order valence-corrected chi connectivity index (χ3v) is 5.53. The summed E-state index contributed by atoms with van der Waals surface area (Å²) in [6.45, 7) is 1.23. The highest BCUT2D eigenvalue weighted by Crippen LogP contribution is 2.27. The topological polar surface area (TPSA) is 55.3 Å². The molecule has 0 radical (unpaired) electrons. The summed E-state index contributed by atoms with van der Waals surface area (Å²) in [5.41, 5.74) is 0.519. The molecule has 4 rings (SSSR count). The molecule has 0 spiro atoms. The average Bonchev–Trinajstić information content (AvgIpc) is 2.70. The van der Waals surface area contributed by atoms with Crippen molar-refractivity contribution >= 4 is 44.2 Å². The minimum atomic E-state index is -0.0512. The van der Waals surface area contributed by atoms with Crippen LogP contribution in [0.1, 0.15) is 23.2 Å². The Morgan fingerprint density at radius 3 is 2.78 bits per heavy atom. The molecule has 5 nitrogen and oxygen atoms in total. The van der Waals surface area contributed by atoms with Gasteiger partial charge in [-0.1, -0.05) is 45.7 Å². The lowest BCUT2D eigenvalue weighted by molar-refractivity contribution is 0.0589. The number of fused-ring (bicyclic) bond motifs is 1. The van der Waals surface area contributed by atoms with E-state index in [-0.39, 0.29) is 12.0 Å². The number of hydrogen-bond donors (Lipinski definition) is 0. The van der Waals surface area contributed by atoms with Crippen LogP contribution < -0.4 is 4.74 Å². The summed E-state index contributed by atoms with van der Waals surface area (Å²) in [5, 5.41) is 10.6. The number of halogens is 2. The van der Waals surface area contributed by atoms with Crippen LogP contribution in [0.2, 0.25) is 5.02 Å². The summed E-state index contributed by atoms with van der Waals surface area (Å²) in [7, 11) is 0. The molecule has 27 heavy (non-hydrogen) atoms. The van der Waals surface area contributed by atoms with Crippen molar-refractivity contribution in [1.82, 2.24) is 15.1 Å². The van der Waals surface area contributed by atoms with E-state index < -0.39 is 0 Å². The number of nitrogens with zero attached hydrogens (tertiary/aromatic N) is 3. The maximum atomic E-state index is 12.8. The van der Waals surface area contributed by atoms with E-state index >= 15 is 0 Å². The Morgan fingerprint density at radius 1 is 1.19 bits per heavy atom. The van der Waals surface area contributed by atoms with Gasteiger partial charge in [-0.05, 0) is 24.3 Å². The van der Waals surface area contributed by atoms with Crippen molar-refractivity contribution < 1.29 is 9.53 Å². The maximum Gasteiger partial charge on any atom is 0.255 e. The number of benzene rings is 2. The van der Waals surface area contributed by atoms with E-state index in [1.807, 2.05) is 35.2 Å². The molecule has 7 heteroatoms. The molecule has 0 saturated carbocycles. The van der Waals surface area contributed by atoms with Gasteiger partial charge in [0.05, 0.1) is 16.8 Å². The Labute approximate surface area is 170 Å². The number of carbonyl (C=O) groups excluding carboxylic acids is 1. The number of rotatable bonds is 3. The fraction of sp³-hybridized carbons (Fsp3) is 0.250. The van der Waals surface area contributed by atoms with E-state index in [1.54, 1.807) is 18.3 Å². The number of amides is 1. The second-order valence-electron chi connectivity index (χ2n) is 6.47. The Bertz CT molecular complexity index is 985. The number of ether oxygens (including phenoxy) is 1. The molecule has 1 amide bonds. The Balaban J connectivity index is 1.43. The van der Waals surface area contributed by atoms with Crippen LogP contribution >= 0.6 is 27.5 Å². The standard InChI is InChI=1S/C20H17BrClN3O2/c21-14-5-6-18(22)17(11-14)20(26)25-9-7-15(8-10-25)27-19-16-4-2-1-3-13(16)12-23-24-19/h1-6,11-12,15H,7-10H2. The molecule has 1 aliphatic heterocycles.